The predicted octanol–water partition coefficient (Wildman–Crippen LogP) is 1.27. The van der Waals surface area contributed by atoms with E-state index in [4.69, 9.17) is 0 Å². The first-order valence-electron chi connectivity index (χ1n) is 7.05. The maximum atomic E-state index is 13.5. The molecule has 0 aromatic heterocycles. The molecule has 8 heteroatoms. The summed E-state index contributed by atoms with van der Waals surface area (Å²) in [6.07, 6.45) is 0.604. The summed E-state index contributed by atoms with van der Waals surface area (Å²) in [5.74, 6) is 1.43. The number of hydrogen-bond donors (Lipinski definition) is 2. The number of nitrogens with zero attached hydrogens (tertiary/aromatic N) is 1. The summed E-state index contributed by atoms with van der Waals surface area (Å²) in [5.41, 5.74) is 0. The van der Waals surface area contributed by atoms with Gasteiger partial charge in [-0.2, -0.15) is 0 Å². The zero-order valence-electron chi connectivity index (χ0n) is 12.4. The lowest BCUT2D eigenvalue weighted by atomic mass is 10.3. The number of nitrogens with one attached hydrogen (secondary N) is 2. The molecule has 1 aliphatic heterocycles. The molecule has 1 heterocycles. The average molecular weight is 345 g/mol. The molecule has 5 nitrogen and oxygen atoms in total. The minimum atomic E-state index is -2.91. The number of thioether (sulfide) groups is 1. The van der Waals surface area contributed by atoms with Crippen molar-refractivity contribution in [2.75, 3.05) is 30.9 Å². The number of aliphatic imine (C=N–C) groups is 1. The SMILES string of the molecule is CN=C(NCCSc1ccccc1F)NC1CCS(=O)(=O)C1. The van der Waals surface area contributed by atoms with Crippen molar-refractivity contribution in [1.29, 1.82) is 0 Å². The van der Waals surface area contributed by atoms with Crippen LogP contribution in [0.4, 0.5) is 4.39 Å². The summed E-state index contributed by atoms with van der Waals surface area (Å²) in [4.78, 5) is 4.70. The van der Waals surface area contributed by atoms with E-state index in [-0.39, 0.29) is 23.4 Å². The third-order valence-electron chi connectivity index (χ3n) is 3.29. The summed E-state index contributed by atoms with van der Waals surface area (Å²) in [6.45, 7) is 0.609. The maximum absolute atomic E-state index is 13.5. The average Bonchev–Trinajstić information content (AvgIpc) is 2.83. The van der Waals surface area contributed by atoms with Gasteiger partial charge in [0.1, 0.15) is 5.82 Å². The van der Waals surface area contributed by atoms with Gasteiger partial charge in [0.2, 0.25) is 0 Å². The van der Waals surface area contributed by atoms with Gasteiger partial charge in [0, 0.05) is 30.3 Å². The van der Waals surface area contributed by atoms with Crippen molar-refractivity contribution in [2.45, 2.75) is 17.4 Å². The molecule has 2 rings (SSSR count). The molecule has 2 N–H and O–H groups in total. The topological polar surface area (TPSA) is 70.6 Å². The molecule has 22 heavy (non-hydrogen) atoms. The van der Waals surface area contributed by atoms with Crippen LogP contribution in [0.3, 0.4) is 0 Å². The van der Waals surface area contributed by atoms with E-state index in [9.17, 15) is 12.8 Å². The zero-order valence-corrected chi connectivity index (χ0v) is 14.0. The Morgan fingerprint density at radius 2 is 2.23 bits per heavy atom. The van der Waals surface area contributed by atoms with E-state index in [0.717, 1.165) is 0 Å². The predicted molar refractivity (Wildman–Crippen MR) is 88.7 cm³/mol. The van der Waals surface area contributed by atoms with Crippen LogP contribution >= 0.6 is 11.8 Å². The summed E-state index contributed by atoms with van der Waals surface area (Å²) in [5, 5.41) is 6.22. The summed E-state index contributed by atoms with van der Waals surface area (Å²) < 4.78 is 36.3. The normalized spacial score (nSPS) is 20.8. The first-order chi connectivity index (χ1) is 10.5. The number of guanidine groups is 1. The Labute approximate surface area is 134 Å². The number of halogens is 1. The number of rotatable bonds is 5. The second kappa shape index (κ2) is 7.82. The highest BCUT2D eigenvalue weighted by atomic mass is 32.2. The molecule has 1 unspecified atom stereocenters. The molecule has 0 saturated carbocycles. The lowest BCUT2D eigenvalue weighted by Crippen LogP contribution is -2.44. The van der Waals surface area contributed by atoms with Gasteiger partial charge in [0.15, 0.2) is 15.8 Å². The van der Waals surface area contributed by atoms with Crippen LogP contribution in [0.2, 0.25) is 0 Å². The fourth-order valence-corrected chi connectivity index (χ4v) is 4.67. The summed E-state index contributed by atoms with van der Waals surface area (Å²) in [7, 11) is -1.26. The molecule has 1 aromatic rings. The van der Waals surface area contributed by atoms with Gasteiger partial charge in [-0.1, -0.05) is 12.1 Å². The van der Waals surface area contributed by atoms with Crippen LogP contribution in [0.15, 0.2) is 34.2 Å². The van der Waals surface area contributed by atoms with Gasteiger partial charge in [-0.3, -0.25) is 4.99 Å². The summed E-state index contributed by atoms with van der Waals surface area (Å²) >= 11 is 1.43. The largest absolute Gasteiger partial charge is 0.356 e. The Kier molecular flexibility index (Phi) is 6.07. The maximum Gasteiger partial charge on any atom is 0.191 e. The van der Waals surface area contributed by atoms with Gasteiger partial charge in [-0.25, -0.2) is 12.8 Å². The molecular weight excluding hydrogens is 325 g/mol. The monoisotopic (exact) mass is 345 g/mol. The van der Waals surface area contributed by atoms with Gasteiger partial charge in [0.05, 0.1) is 11.5 Å². The zero-order chi connectivity index (χ0) is 16.0. The fourth-order valence-electron chi connectivity index (χ4n) is 2.19. The third-order valence-corrected chi connectivity index (χ3v) is 6.10. The van der Waals surface area contributed by atoms with Crippen LogP contribution < -0.4 is 10.6 Å². The van der Waals surface area contributed by atoms with Crippen molar-refractivity contribution in [3.8, 4) is 0 Å². The second-order valence-corrected chi connectivity index (χ2v) is 8.39. The van der Waals surface area contributed by atoms with Crippen molar-refractivity contribution in [3.63, 3.8) is 0 Å². The van der Waals surface area contributed by atoms with E-state index in [1.807, 2.05) is 0 Å². The number of benzene rings is 1. The van der Waals surface area contributed by atoms with E-state index in [2.05, 4.69) is 15.6 Å². The standard InChI is InChI=1S/C14H20FN3O2S2/c1-16-14(18-11-6-9-22(19,20)10-11)17-7-8-21-13-5-3-2-4-12(13)15/h2-5,11H,6-10H2,1H3,(H2,16,17,18). The molecule has 1 fully saturated rings. The van der Waals surface area contributed by atoms with Crippen molar-refractivity contribution in [3.05, 3.63) is 30.1 Å². The van der Waals surface area contributed by atoms with Crippen LogP contribution in [0.1, 0.15) is 6.42 Å². The highest BCUT2D eigenvalue weighted by molar-refractivity contribution is 7.99. The van der Waals surface area contributed by atoms with E-state index < -0.39 is 9.84 Å². The molecule has 122 valence electrons. The Balaban J connectivity index is 1.72. The highest BCUT2D eigenvalue weighted by Crippen LogP contribution is 2.20. The first kappa shape index (κ1) is 17.1. The van der Waals surface area contributed by atoms with Crippen molar-refractivity contribution >= 4 is 27.6 Å². The molecule has 0 bridgehead atoms. The van der Waals surface area contributed by atoms with Gasteiger partial charge >= 0.3 is 0 Å². The van der Waals surface area contributed by atoms with E-state index in [0.29, 0.717) is 29.6 Å². The van der Waals surface area contributed by atoms with Crippen LogP contribution in [-0.4, -0.2) is 51.3 Å². The molecule has 1 aromatic carbocycles. The van der Waals surface area contributed by atoms with Gasteiger partial charge in [-0.05, 0) is 18.6 Å². The van der Waals surface area contributed by atoms with Crippen LogP contribution in [0, 0.1) is 5.82 Å². The molecule has 0 amide bonds. The smallest absolute Gasteiger partial charge is 0.191 e. The quantitative estimate of drug-likeness (QED) is 0.364. The van der Waals surface area contributed by atoms with E-state index in [1.54, 1.807) is 25.2 Å². The molecule has 0 aliphatic carbocycles. The molecule has 1 aliphatic rings. The van der Waals surface area contributed by atoms with Gasteiger partial charge in [0.25, 0.3) is 0 Å². The molecule has 0 radical (unpaired) electrons. The molecule has 1 atom stereocenters. The van der Waals surface area contributed by atoms with E-state index >= 15 is 0 Å². The van der Waals surface area contributed by atoms with Crippen LogP contribution in [0.5, 0.6) is 0 Å². The number of sulfone groups is 1. The molecular formula is C14H20FN3O2S2. The highest BCUT2D eigenvalue weighted by Gasteiger charge is 2.28. The van der Waals surface area contributed by atoms with Crippen LogP contribution in [0.25, 0.3) is 0 Å². The van der Waals surface area contributed by atoms with Crippen molar-refractivity contribution in [1.82, 2.24) is 10.6 Å². The van der Waals surface area contributed by atoms with Crippen LogP contribution in [-0.2, 0) is 9.84 Å². The van der Waals surface area contributed by atoms with E-state index in [1.165, 1.54) is 17.8 Å². The Morgan fingerprint density at radius 1 is 1.45 bits per heavy atom. The Hall–Kier alpha value is -1.28. The Bertz CT molecular complexity index is 635. The first-order valence-corrected chi connectivity index (χ1v) is 9.86. The minimum Gasteiger partial charge on any atom is -0.356 e. The summed E-state index contributed by atoms with van der Waals surface area (Å²) in [6, 6.07) is 6.57. The lowest BCUT2D eigenvalue weighted by Gasteiger charge is -2.15. The molecule has 0 spiro atoms. The van der Waals surface area contributed by atoms with Crippen molar-refractivity contribution < 1.29 is 12.8 Å². The third kappa shape index (κ3) is 5.17. The minimum absolute atomic E-state index is 0.0876. The fraction of sp³-hybridized carbons (Fsp3) is 0.500. The number of hydrogen-bond acceptors (Lipinski definition) is 4. The van der Waals surface area contributed by atoms with Gasteiger partial charge in [-0.15, -0.1) is 11.8 Å². The van der Waals surface area contributed by atoms with Gasteiger partial charge < -0.3 is 10.6 Å². The second-order valence-electron chi connectivity index (χ2n) is 5.02. The molecule has 1 saturated heterocycles. The Morgan fingerprint density at radius 3 is 2.86 bits per heavy atom. The van der Waals surface area contributed by atoms with Crippen molar-refractivity contribution in [2.24, 2.45) is 4.99 Å². The lowest BCUT2D eigenvalue weighted by molar-refractivity contribution is 0.599.